The van der Waals surface area contributed by atoms with E-state index in [1.54, 1.807) is 0 Å². The maximum Gasteiger partial charge on any atom is 0.494 e. The molecule has 0 amide bonds. The maximum absolute atomic E-state index is 8.74. The Morgan fingerprint density at radius 1 is 0.738 bits per heavy atom. The van der Waals surface area contributed by atoms with Gasteiger partial charge in [0.1, 0.15) is 5.84 Å². The van der Waals surface area contributed by atoms with Crippen molar-refractivity contribution in [2.24, 2.45) is 16.8 Å². The van der Waals surface area contributed by atoms with E-state index in [0.717, 1.165) is 22.4 Å². The molecule has 0 radical (unpaired) electrons. The van der Waals surface area contributed by atoms with Gasteiger partial charge in [-0.05, 0) is 88.6 Å². The van der Waals surface area contributed by atoms with Gasteiger partial charge in [0.2, 0.25) is 0 Å². The van der Waals surface area contributed by atoms with Gasteiger partial charge in [0.05, 0.1) is 11.2 Å². The Hall–Kier alpha value is -3.22. The van der Waals surface area contributed by atoms with Gasteiger partial charge in [-0.2, -0.15) is 0 Å². The van der Waals surface area contributed by atoms with Crippen molar-refractivity contribution >= 4 is 24.3 Å². The van der Waals surface area contributed by atoms with Crippen LogP contribution in [0.4, 0.5) is 0 Å². The lowest BCUT2D eigenvalue weighted by Gasteiger charge is -2.46. The third-order valence-corrected chi connectivity index (χ3v) is 10.2. The minimum absolute atomic E-state index is 0.307. The number of fused-ring (bicyclic) bond motifs is 2. The van der Waals surface area contributed by atoms with E-state index in [1.807, 2.05) is 36.4 Å². The highest BCUT2D eigenvalue weighted by Gasteiger charge is 2.51. The lowest BCUT2D eigenvalue weighted by molar-refractivity contribution is 0.00578. The number of nitrogens with one attached hydrogen (secondary N) is 1. The molecule has 6 heteroatoms. The van der Waals surface area contributed by atoms with Crippen molar-refractivity contribution in [1.29, 1.82) is 5.41 Å². The van der Waals surface area contributed by atoms with Crippen LogP contribution in [-0.4, -0.2) is 48.0 Å². The topological polar surface area (TPSA) is 57.9 Å². The van der Waals surface area contributed by atoms with Crippen molar-refractivity contribution in [3.8, 4) is 0 Å². The first-order valence-electron chi connectivity index (χ1n) is 15.6. The molecule has 1 heterocycles. The fourth-order valence-electron chi connectivity index (χ4n) is 7.18. The number of aliphatic imine (C=N–C) groups is 1. The summed E-state index contributed by atoms with van der Waals surface area (Å²) in [6.45, 7) is 8.42. The predicted octanol–water partition coefficient (Wildman–Crippen LogP) is 7.05. The second-order valence-electron chi connectivity index (χ2n) is 13.6. The molecule has 0 spiro atoms. The molecule has 1 saturated heterocycles. The summed E-state index contributed by atoms with van der Waals surface area (Å²) in [4.78, 5) is 7.28. The number of rotatable bonds is 5. The average molecular weight is 562 g/mol. The summed E-state index contributed by atoms with van der Waals surface area (Å²) >= 11 is 0. The molecule has 5 nitrogen and oxygen atoms in total. The molecular weight excluding hydrogens is 517 g/mol. The highest BCUT2D eigenvalue weighted by atomic mass is 16.7. The molecule has 218 valence electrons. The van der Waals surface area contributed by atoms with Crippen molar-refractivity contribution in [2.75, 3.05) is 7.05 Å². The molecule has 2 saturated carbocycles. The highest BCUT2D eigenvalue weighted by molar-refractivity contribution is 6.62. The van der Waals surface area contributed by atoms with Crippen LogP contribution in [0, 0.1) is 17.2 Å². The van der Waals surface area contributed by atoms with Crippen LogP contribution in [0.15, 0.2) is 89.9 Å². The fraction of sp³-hybridized carbons (Fsp3) is 0.444. The standard InChI is InChI=1S/C36H44BN3O2/c1-35(2)36(3,4)42-37(41-35)31-18-16-27(17-19-31)30-21-25-20-26(22-30)24-32(23-25)40(5)34(29-14-10-7-11-15-29)39-33(38)28-12-8-6-9-13-28/h6-19,25-26,30,32,38H,20-24H2,1-5H3. The van der Waals surface area contributed by atoms with E-state index in [-0.39, 0.29) is 18.3 Å². The molecular formula is C36H44BN3O2. The highest BCUT2D eigenvalue weighted by Crippen LogP contribution is 2.47. The van der Waals surface area contributed by atoms with Crippen LogP contribution >= 0.6 is 0 Å². The van der Waals surface area contributed by atoms with Crippen LogP contribution in [-0.2, 0) is 9.31 Å². The molecule has 2 bridgehead atoms. The van der Waals surface area contributed by atoms with Gasteiger partial charge < -0.3 is 14.2 Å². The Kier molecular flexibility index (Phi) is 7.88. The third kappa shape index (κ3) is 5.84. The van der Waals surface area contributed by atoms with Crippen LogP contribution in [0.3, 0.4) is 0 Å². The molecule has 6 rings (SSSR count). The number of hydrogen-bond donors (Lipinski definition) is 1. The zero-order chi connectivity index (χ0) is 29.5. The van der Waals surface area contributed by atoms with Crippen LogP contribution in [0.2, 0.25) is 0 Å². The normalized spacial score (nSPS) is 26.6. The first-order valence-corrected chi connectivity index (χ1v) is 15.6. The zero-order valence-corrected chi connectivity index (χ0v) is 25.7. The lowest BCUT2D eigenvalue weighted by Crippen LogP contribution is -2.45. The molecule has 1 aliphatic heterocycles. The van der Waals surface area contributed by atoms with Crippen LogP contribution < -0.4 is 5.46 Å². The van der Waals surface area contributed by atoms with Gasteiger partial charge >= 0.3 is 7.12 Å². The molecule has 3 aromatic carbocycles. The zero-order valence-electron chi connectivity index (χ0n) is 25.7. The summed E-state index contributed by atoms with van der Waals surface area (Å²) in [5, 5.41) is 8.74. The van der Waals surface area contributed by atoms with E-state index in [4.69, 9.17) is 19.7 Å². The molecule has 2 aliphatic carbocycles. The van der Waals surface area contributed by atoms with Crippen molar-refractivity contribution in [3.63, 3.8) is 0 Å². The van der Waals surface area contributed by atoms with E-state index >= 15 is 0 Å². The number of nitrogens with zero attached hydrogens (tertiary/aromatic N) is 2. The second kappa shape index (κ2) is 11.5. The summed E-state index contributed by atoms with van der Waals surface area (Å²) in [6.07, 6.45) is 6.12. The minimum atomic E-state index is -0.326. The van der Waals surface area contributed by atoms with Gasteiger partial charge in [-0.25, -0.2) is 4.99 Å². The third-order valence-electron chi connectivity index (χ3n) is 10.2. The predicted molar refractivity (Wildman–Crippen MR) is 173 cm³/mol. The Morgan fingerprint density at radius 3 is 1.81 bits per heavy atom. The first-order chi connectivity index (χ1) is 20.1. The van der Waals surface area contributed by atoms with Gasteiger partial charge in [0.25, 0.3) is 0 Å². The number of amidine groups is 2. The Bertz CT molecular complexity index is 1390. The monoisotopic (exact) mass is 561 g/mol. The molecule has 2 unspecified atom stereocenters. The molecule has 3 aromatic rings. The summed E-state index contributed by atoms with van der Waals surface area (Å²) in [6, 6.07) is 29.7. The molecule has 0 aromatic heterocycles. The Balaban J connectivity index is 1.15. The van der Waals surface area contributed by atoms with Crippen molar-refractivity contribution in [3.05, 3.63) is 102 Å². The van der Waals surface area contributed by atoms with Crippen molar-refractivity contribution in [2.45, 2.75) is 83.0 Å². The molecule has 3 aliphatic rings. The molecule has 42 heavy (non-hydrogen) atoms. The van der Waals surface area contributed by atoms with Gasteiger partial charge in [0.15, 0.2) is 5.84 Å². The van der Waals surface area contributed by atoms with Crippen molar-refractivity contribution in [1.82, 2.24) is 4.90 Å². The van der Waals surface area contributed by atoms with Crippen LogP contribution in [0.25, 0.3) is 0 Å². The largest absolute Gasteiger partial charge is 0.494 e. The lowest BCUT2D eigenvalue weighted by atomic mass is 9.64. The van der Waals surface area contributed by atoms with Gasteiger partial charge in [-0.1, -0.05) is 84.9 Å². The minimum Gasteiger partial charge on any atom is -0.399 e. The number of benzene rings is 3. The van der Waals surface area contributed by atoms with E-state index < -0.39 is 0 Å². The summed E-state index contributed by atoms with van der Waals surface area (Å²) in [5.74, 6) is 3.19. The average Bonchev–Trinajstić information content (AvgIpc) is 3.22. The molecule has 2 atom stereocenters. The fourth-order valence-corrected chi connectivity index (χ4v) is 7.18. The van der Waals surface area contributed by atoms with Crippen molar-refractivity contribution < 1.29 is 9.31 Å². The van der Waals surface area contributed by atoms with E-state index in [2.05, 4.69) is 88.2 Å². The van der Waals surface area contributed by atoms with E-state index in [0.29, 0.717) is 29.6 Å². The Morgan fingerprint density at radius 2 is 1.26 bits per heavy atom. The number of hydrogen-bond acceptors (Lipinski definition) is 3. The Labute approximate surface area is 252 Å². The first kappa shape index (κ1) is 28.9. The SMILES string of the molecule is CN(C(=NC(=N)c1ccccc1)c1ccccc1)C1CC2CC(CC(c3ccc(B4OC(C)(C)C(C)(C)O4)cc3)C2)C1. The maximum atomic E-state index is 8.74. The molecule has 3 fully saturated rings. The second-order valence-corrected chi connectivity index (χ2v) is 13.6. The van der Waals surface area contributed by atoms with Gasteiger partial charge in [-0.15, -0.1) is 0 Å². The van der Waals surface area contributed by atoms with Gasteiger partial charge in [-0.3, -0.25) is 5.41 Å². The summed E-state index contributed by atoms with van der Waals surface area (Å²) < 4.78 is 12.6. The summed E-state index contributed by atoms with van der Waals surface area (Å²) in [5.41, 5.74) is 3.80. The summed E-state index contributed by atoms with van der Waals surface area (Å²) in [7, 11) is 1.87. The van der Waals surface area contributed by atoms with E-state index in [1.165, 1.54) is 37.7 Å². The van der Waals surface area contributed by atoms with Crippen LogP contribution in [0.5, 0.6) is 0 Å². The quantitative estimate of drug-likeness (QED) is 0.206. The van der Waals surface area contributed by atoms with Gasteiger partial charge in [0, 0.05) is 24.2 Å². The van der Waals surface area contributed by atoms with Crippen LogP contribution in [0.1, 0.15) is 82.4 Å². The smallest absolute Gasteiger partial charge is 0.399 e. The molecule has 1 N–H and O–H groups in total. The van der Waals surface area contributed by atoms with E-state index in [9.17, 15) is 0 Å².